The van der Waals surface area contributed by atoms with E-state index in [9.17, 15) is 9.18 Å². The summed E-state index contributed by atoms with van der Waals surface area (Å²) in [5.74, 6) is 0.269. The average molecular weight is 338 g/mol. The Morgan fingerprint density at radius 3 is 2.76 bits per heavy atom. The number of hydrogen-bond donors (Lipinski definition) is 0. The van der Waals surface area contributed by atoms with Gasteiger partial charge in [0.05, 0.1) is 6.42 Å². The number of fused-ring (bicyclic) bond motifs is 1. The van der Waals surface area contributed by atoms with Crippen LogP contribution in [0.4, 0.5) is 4.39 Å². The van der Waals surface area contributed by atoms with E-state index in [-0.39, 0.29) is 11.8 Å². The van der Waals surface area contributed by atoms with Crippen LogP contribution in [0.25, 0.3) is 12.2 Å². The van der Waals surface area contributed by atoms with Crippen molar-refractivity contribution >= 4 is 18.1 Å². The fourth-order valence-corrected chi connectivity index (χ4v) is 3.03. The van der Waals surface area contributed by atoms with E-state index < -0.39 is 0 Å². The quantitative estimate of drug-likeness (QED) is 0.297. The van der Waals surface area contributed by atoms with Gasteiger partial charge in [0.2, 0.25) is 0 Å². The Hall–Kier alpha value is -2.42. The maximum absolute atomic E-state index is 14.3. The minimum Gasteiger partial charge on any atom is -0.426 e. The molecule has 2 nitrogen and oxygen atoms in total. The normalized spacial score (nSPS) is 13.8. The highest BCUT2D eigenvalue weighted by Crippen LogP contribution is 2.27. The molecule has 0 fully saturated rings. The number of carbonyl (C=O) groups excluding carboxylic acids is 1. The Morgan fingerprint density at radius 1 is 1.08 bits per heavy atom. The molecule has 130 valence electrons. The molecule has 1 aliphatic heterocycles. The third-order valence-electron chi connectivity index (χ3n) is 4.50. The van der Waals surface area contributed by atoms with Crippen molar-refractivity contribution in [1.82, 2.24) is 0 Å². The first kappa shape index (κ1) is 17.4. The van der Waals surface area contributed by atoms with Crippen LogP contribution in [0.5, 0.6) is 5.75 Å². The molecule has 2 aromatic rings. The predicted octanol–water partition coefficient (Wildman–Crippen LogP) is 5.58. The number of unbranched alkanes of at least 4 members (excludes halogenated alkanes) is 2. The van der Waals surface area contributed by atoms with Gasteiger partial charge in [-0.1, -0.05) is 50.1 Å². The van der Waals surface area contributed by atoms with E-state index in [4.69, 9.17) is 4.74 Å². The van der Waals surface area contributed by atoms with E-state index in [2.05, 4.69) is 6.92 Å². The zero-order valence-electron chi connectivity index (χ0n) is 14.6. The number of carbonyl (C=O) groups is 1. The molecule has 0 saturated carbocycles. The second kappa shape index (κ2) is 8.11. The fourth-order valence-electron chi connectivity index (χ4n) is 3.03. The van der Waals surface area contributed by atoms with Gasteiger partial charge in [0.1, 0.15) is 11.6 Å². The summed E-state index contributed by atoms with van der Waals surface area (Å²) in [5.41, 5.74) is 3.64. The monoisotopic (exact) mass is 338 g/mol. The highest BCUT2D eigenvalue weighted by Gasteiger charge is 2.16. The Kier molecular flexibility index (Phi) is 5.64. The fraction of sp³-hybridized carbons (Fsp3) is 0.318. The Morgan fingerprint density at radius 2 is 1.96 bits per heavy atom. The molecule has 0 saturated heterocycles. The summed E-state index contributed by atoms with van der Waals surface area (Å²) >= 11 is 0. The first-order valence-electron chi connectivity index (χ1n) is 8.96. The number of hydrogen-bond acceptors (Lipinski definition) is 2. The molecule has 0 atom stereocenters. The lowest BCUT2D eigenvalue weighted by atomic mass is 10.0. The molecule has 1 aliphatic rings. The average Bonchev–Trinajstić information content (AvgIpc) is 2.61. The number of halogens is 1. The van der Waals surface area contributed by atoms with Gasteiger partial charge in [-0.15, -0.1) is 0 Å². The van der Waals surface area contributed by atoms with Crippen molar-refractivity contribution in [1.29, 1.82) is 0 Å². The molecule has 0 N–H and O–H groups in total. The van der Waals surface area contributed by atoms with Crippen molar-refractivity contribution in [3.63, 3.8) is 0 Å². The van der Waals surface area contributed by atoms with Crippen LogP contribution in [0.2, 0.25) is 0 Å². The van der Waals surface area contributed by atoms with Gasteiger partial charge in [0.15, 0.2) is 0 Å². The molecule has 0 aliphatic carbocycles. The molecule has 2 aromatic carbocycles. The van der Waals surface area contributed by atoms with Gasteiger partial charge < -0.3 is 4.74 Å². The summed E-state index contributed by atoms with van der Waals surface area (Å²) in [6, 6.07) is 11.2. The van der Waals surface area contributed by atoms with Crippen LogP contribution in [0, 0.1) is 5.82 Å². The Labute approximate surface area is 148 Å². The van der Waals surface area contributed by atoms with Gasteiger partial charge in [0, 0.05) is 5.56 Å². The molecule has 0 aromatic heterocycles. The number of rotatable bonds is 6. The SMILES string of the molecule is CCCCCc1ccc(/C=C/c2ccc3c(c2)CCC(=O)O3)c(F)c1. The number of esters is 1. The van der Waals surface area contributed by atoms with Crippen molar-refractivity contribution in [2.45, 2.75) is 45.4 Å². The van der Waals surface area contributed by atoms with Crippen molar-refractivity contribution in [3.05, 3.63) is 64.5 Å². The molecule has 3 heteroatoms. The minimum atomic E-state index is -0.183. The topological polar surface area (TPSA) is 26.3 Å². The Balaban J connectivity index is 1.70. The predicted molar refractivity (Wildman–Crippen MR) is 99.0 cm³/mol. The lowest BCUT2D eigenvalue weighted by Gasteiger charge is -2.15. The van der Waals surface area contributed by atoms with Crippen molar-refractivity contribution < 1.29 is 13.9 Å². The number of ether oxygens (including phenoxy) is 1. The van der Waals surface area contributed by atoms with Crippen molar-refractivity contribution in [3.8, 4) is 5.75 Å². The summed E-state index contributed by atoms with van der Waals surface area (Å²) in [4.78, 5) is 11.3. The van der Waals surface area contributed by atoms with E-state index in [1.165, 1.54) is 12.8 Å². The summed E-state index contributed by atoms with van der Waals surface area (Å²) in [6.07, 6.45) is 9.17. The van der Waals surface area contributed by atoms with E-state index in [1.807, 2.05) is 30.3 Å². The highest BCUT2D eigenvalue weighted by atomic mass is 19.1. The van der Waals surface area contributed by atoms with E-state index >= 15 is 0 Å². The second-order valence-electron chi connectivity index (χ2n) is 6.49. The van der Waals surface area contributed by atoms with Gasteiger partial charge >= 0.3 is 5.97 Å². The maximum atomic E-state index is 14.3. The summed E-state index contributed by atoms with van der Waals surface area (Å²) < 4.78 is 19.5. The Bertz CT molecular complexity index is 793. The maximum Gasteiger partial charge on any atom is 0.311 e. The van der Waals surface area contributed by atoms with Crippen LogP contribution in [0.1, 0.15) is 54.9 Å². The molecule has 0 unspecified atom stereocenters. The van der Waals surface area contributed by atoms with Gasteiger partial charge in [-0.05, 0) is 54.2 Å². The van der Waals surface area contributed by atoms with Crippen LogP contribution < -0.4 is 4.74 Å². The second-order valence-corrected chi connectivity index (χ2v) is 6.49. The van der Waals surface area contributed by atoms with Crippen LogP contribution >= 0.6 is 0 Å². The van der Waals surface area contributed by atoms with Gasteiger partial charge in [0.25, 0.3) is 0 Å². The minimum absolute atomic E-state index is 0.183. The molecule has 3 rings (SSSR count). The van der Waals surface area contributed by atoms with Crippen LogP contribution in [-0.4, -0.2) is 5.97 Å². The van der Waals surface area contributed by atoms with Gasteiger partial charge in [-0.2, -0.15) is 0 Å². The standard InChI is InChI=1S/C22H23FO2/c1-2-3-4-5-16-6-9-18(20(23)15-16)10-7-17-8-12-21-19(14-17)11-13-22(24)25-21/h6-10,12,14-15H,2-5,11,13H2,1H3/b10-7+. The highest BCUT2D eigenvalue weighted by molar-refractivity contribution is 5.76. The smallest absolute Gasteiger partial charge is 0.311 e. The third-order valence-corrected chi connectivity index (χ3v) is 4.50. The first-order chi connectivity index (χ1) is 12.2. The molecular weight excluding hydrogens is 315 g/mol. The summed E-state index contributed by atoms with van der Waals surface area (Å²) in [5, 5.41) is 0. The zero-order chi connectivity index (χ0) is 17.6. The summed E-state index contributed by atoms with van der Waals surface area (Å²) in [6.45, 7) is 2.17. The molecule has 25 heavy (non-hydrogen) atoms. The molecule has 0 bridgehead atoms. The van der Waals surface area contributed by atoms with E-state index in [1.54, 1.807) is 18.2 Å². The van der Waals surface area contributed by atoms with Crippen LogP contribution in [-0.2, 0) is 17.6 Å². The lowest BCUT2D eigenvalue weighted by Crippen LogP contribution is -2.15. The summed E-state index contributed by atoms with van der Waals surface area (Å²) in [7, 11) is 0. The van der Waals surface area contributed by atoms with Crippen molar-refractivity contribution in [2.24, 2.45) is 0 Å². The third kappa shape index (κ3) is 4.56. The van der Waals surface area contributed by atoms with E-state index in [0.717, 1.165) is 29.5 Å². The molecule has 1 heterocycles. The van der Waals surface area contributed by atoms with Gasteiger partial charge in [-0.25, -0.2) is 4.39 Å². The zero-order valence-corrected chi connectivity index (χ0v) is 14.6. The lowest BCUT2D eigenvalue weighted by molar-refractivity contribution is -0.135. The number of aryl methyl sites for hydroxylation is 2. The molecule has 0 radical (unpaired) electrons. The molecular formula is C22H23FO2. The van der Waals surface area contributed by atoms with E-state index in [0.29, 0.717) is 24.2 Å². The molecule has 0 spiro atoms. The van der Waals surface area contributed by atoms with Crippen molar-refractivity contribution in [2.75, 3.05) is 0 Å². The first-order valence-corrected chi connectivity index (χ1v) is 8.96. The number of benzene rings is 2. The largest absolute Gasteiger partial charge is 0.426 e. The van der Waals surface area contributed by atoms with Crippen LogP contribution in [0.3, 0.4) is 0 Å². The van der Waals surface area contributed by atoms with Crippen LogP contribution in [0.15, 0.2) is 36.4 Å². The van der Waals surface area contributed by atoms with Gasteiger partial charge in [-0.3, -0.25) is 4.79 Å². The molecule has 0 amide bonds.